The predicted octanol–water partition coefficient (Wildman–Crippen LogP) is 3.06. The molecule has 0 unspecified atom stereocenters. The van der Waals surface area contributed by atoms with Crippen LogP contribution in [0.1, 0.15) is 5.56 Å². The lowest BCUT2D eigenvalue weighted by atomic mass is 10.2. The van der Waals surface area contributed by atoms with E-state index in [1.807, 2.05) is 48.5 Å². The first kappa shape index (κ1) is 14.7. The van der Waals surface area contributed by atoms with Gasteiger partial charge in [0.15, 0.2) is 0 Å². The maximum Gasteiger partial charge on any atom is 0.318 e. The maximum atomic E-state index is 11.2. The van der Waals surface area contributed by atoms with Gasteiger partial charge in [0.2, 0.25) is 0 Å². The van der Waals surface area contributed by atoms with Crippen LogP contribution in [-0.2, 0) is 6.54 Å². The van der Waals surface area contributed by atoms with Crippen LogP contribution in [-0.4, -0.2) is 20.2 Å². The molecule has 0 aliphatic heterocycles. The number of methoxy groups -OCH3 is 1. The Kier molecular flexibility index (Phi) is 5.04. The molecule has 0 saturated carbocycles. The van der Waals surface area contributed by atoms with Crippen molar-refractivity contribution in [2.45, 2.75) is 6.54 Å². The average Bonchev–Trinajstić information content (AvgIpc) is 2.54. The van der Waals surface area contributed by atoms with E-state index in [9.17, 15) is 4.79 Å². The van der Waals surface area contributed by atoms with Gasteiger partial charge in [-0.2, -0.15) is 0 Å². The molecule has 0 heterocycles. The fourth-order valence-corrected chi connectivity index (χ4v) is 1.85. The van der Waals surface area contributed by atoms with E-state index in [2.05, 4.69) is 16.0 Å². The summed E-state index contributed by atoms with van der Waals surface area (Å²) in [5.41, 5.74) is 2.88. The standard InChI is InChI=1S/C16H19N3O2/c1-17-16(20)19-14-8-6-13(7-9-14)18-11-12-4-3-5-15(10-12)21-2/h3-10,18H,11H2,1-2H3,(H2,17,19,20). The zero-order valence-electron chi connectivity index (χ0n) is 12.1. The highest BCUT2D eigenvalue weighted by Gasteiger charge is 1.99. The first-order valence-electron chi connectivity index (χ1n) is 6.67. The molecule has 0 bridgehead atoms. The van der Waals surface area contributed by atoms with Crippen LogP contribution in [0.3, 0.4) is 0 Å². The molecule has 110 valence electrons. The van der Waals surface area contributed by atoms with Gasteiger partial charge < -0.3 is 20.7 Å². The first-order valence-corrected chi connectivity index (χ1v) is 6.67. The van der Waals surface area contributed by atoms with E-state index < -0.39 is 0 Å². The van der Waals surface area contributed by atoms with Crippen molar-refractivity contribution >= 4 is 17.4 Å². The molecule has 5 heteroatoms. The second kappa shape index (κ2) is 7.19. The summed E-state index contributed by atoms with van der Waals surface area (Å²) in [6.07, 6.45) is 0. The Labute approximate surface area is 124 Å². The van der Waals surface area contributed by atoms with Gasteiger partial charge in [0.25, 0.3) is 0 Å². The number of benzene rings is 2. The molecule has 3 N–H and O–H groups in total. The van der Waals surface area contributed by atoms with Crippen LogP contribution >= 0.6 is 0 Å². The summed E-state index contributed by atoms with van der Waals surface area (Å²) < 4.78 is 5.20. The average molecular weight is 285 g/mol. The fraction of sp³-hybridized carbons (Fsp3) is 0.188. The molecular formula is C16H19N3O2. The number of hydrogen-bond acceptors (Lipinski definition) is 3. The topological polar surface area (TPSA) is 62.4 Å². The largest absolute Gasteiger partial charge is 0.497 e. The molecule has 2 amide bonds. The summed E-state index contributed by atoms with van der Waals surface area (Å²) in [7, 11) is 3.24. The minimum atomic E-state index is -0.230. The van der Waals surface area contributed by atoms with E-state index in [0.29, 0.717) is 6.54 Å². The molecule has 0 fully saturated rings. The SMILES string of the molecule is CNC(=O)Nc1ccc(NCc2cccc(OC)c2)cc1. The van der Waals surface area contributed by atoms with E-state index >= 15 is 0 Å². The summed E-state index contributed by atoms with van der Waals surface area (Å²) in [5, 5.41) is 8.54. The Bertz CT molecular complexity index is 597. The van der Waals surface area contributed by atoms with Gasteiger partial charge in [0.05, 0.1) is 7.11 Å². The van der Waals surface area contributed by atoms with E-state index in [-0.39, 0.29) is 6.03 Å². The Morgan fingerprint density at radius 1 is 1.10 bits per heavy atom. The van der Waals surface area contributed by atoms with Crippen LogP contribution in [0.5, 0.6) is 5.75 Å². The maximum absolute atomic E-state index is 11.2. The van der Waals surface area contributed by atoms with E-state index in [0.717, 1.165) is 22.7 Å². The quantitative estimate of drug-likeness (QED) is 0.791. The van der Waals surface area contributed by atoms with Crippen molar-refractivity contribution in [3.63, 3.8) is 0 Å². The van der Waals surface area contributed by atoms with E-state index in [1.165, 1.54) is 0 Å². The third kappa shape index (κ3) is 4.42. The lowest BCUT2D eigenvalue weighted by molar-refractivity contribution is 0.254. The second-order valence-corrected chi connectivity index (χ2v) is 4.49. The Morgan fingerprint density at radius 3 is 2.48 bits per heavy atom. The molecule has 0 aliphatic carbocycles. The number of anilines is 2. The third-order valence-corrected chi connectivity index (χ3v) is 3.00. The minimum Gasteiger partial charge on any atom is -0.497 e. The number of amides is 2. The molecule has 2 rings (SSSR count). The highest BCUT2D eigenvalue weighted by Crippen LogP contribution is 2.16. The molecule has 21 heavy (non-hydrogen) atoms. The van der Waals surface area contributed by atoms with Crippen molar-refractivity contribution in [3.05, 3.63) is 54.1 Å². The Morgan fingerprint density at radius 2 is 1.81 bits per heavy atom. The minimum absolute atomic E-state index is 0.230. The molecule has 0 radical (unpaired) electrons. The zero-order valence-corrected chi connectivity index (χ0v) is 12.1. The van der Waals surface area contributed by atoms with Crippen LogP contribution in [0.4, 0.5) is 16.2 Å². The molecule has 0 atom stereocenters. The lowest BCUT2D eigenvalue weighted by Crippen LogP contribution is -2.24. The second-order valence-electron chi connectivity index (χ2n) is 4.49. The number of urea groups is 1. The summed E-state index contributed by atoms with van der Waals surface area (Å²) in [5.74, 6) is 0.847. The summed E-state index contributed by atoms with van der Waals surface area (Å²) in [6, 6.07) is 15.2. The van der Waals surface area contributed by atoms with Gasteiger partial charge in [0, 0.05) is 25.0 Å². The Balaban J connectivity index is 1.92. The first-order chi connectivity index (χ1) is 10.2. The number of hydrogen-bond donors (Lipinski definition) is 3. The smallest absolute Gasteiger partial charge is 0.318 e. The molecule has 0 spiro atoms. The zero-order chi connectivity index (χ0) is 15.1. The summed E-state index contributed by atoms with van der Waals surface area (Å²) in [6.45, 7) is 0.708. The van der Waals surface area contributed by atoms with Crippen molar-refractivity contribution in [1.29, 1.82) is 0 Å². The number of carbonyl (C=O) groups is 1. The normalized spacial score (nSPS) is 9.81. The van der Waals surface area contributed by atoms with Gasteiger partial charge in [-0.05, 0) is 42.0 Å². The van der Waals surface area contributed by atoms with E-state index in [4.69, 9.17) is 4.74 Å². The summed E-state index contributed by atoms with van der Waals surface area (Å²) >= 11 is 0. The fourth-order valence-electron chi connectivity index (χ4n) is 1.85. The Hall–Kier alpha value is -2.69. The molecule has 0 aliphatic rings. The van der Waals surface area contributed by atoms with Crippen LogP contribution < -0.4 is 20.7 Å². The van der Waals surface area contributed by atoms with Crippen LogP contribution in [0, 0.1) is 0 Å². The van der Waals surface area contributed by atoms with Gasteiger partial charge in [-0.1, -0.05) is 12.1 Å². The van der Waals surface area contributed by atoms with Crippen molar-refractivity contribution < 1.29 is 9.53 Å². The van der Waals surface area contributed by atoms with Crippen molar-refractivity contribution in [2.24, 2.45) is 0 Å². The van der Waals surface area contributed by atoms with Crippen LogP contribution in [0.2, 0.25) is 0 Å². The lowest BCUT2D eigenvalue weighted by Gasteiger charge is -2.09. The molecule has 0 saturated heterocycles. The molecule has 2 aromatic carbocycles. The van der Waals surface area contributed by atoms with Gasteiger partial charge in [-0.15, -0.1) is 0 Å². The number of nitrogens with one attached hydrogen (secondary N) is 3. The molecule has 5 nitrogen and oxygen atoms in total. The van der Waals surface area contributed by atoms with Gasteiger partial charge >= 0.3 is 6.03 Å². The van der Waals surface area contributed by atoms with Gasteiger partial charge in [-0.3, -0.25) is 0 Å². The molecular weight excluding hydrogens is 266 g/mol. The molecule has 2 aromatic rings. The van der Waals surface area contributed by atoms with Gasteiger partial charge in [-0.25, -0.2) is 4.79 Å². The van der Waals surface area contributed by atoms with Crippen molar-refractivity contribution in [2.75, 3.05) is 24.8 Å². The molecule has 0 aromatic heterocycles. The highest BCUT2D eigenvalue weighted by atomic mass is 16.5. The highest BCUT2D eigenvalue weighted by molar-refractivity contribution is 5.89. The monoisotopic (exact) mass is 285 g/mol. The number of rotatable bonds is 5. The van der Waals surface area contributed by atoms with Crippen molar-refractivity contribution in [1.82, 2.24) is 5.32 Å². The van der Waals surface area contributed by atoms with Crippen molar-refractivity contribution in [3.8, 4) is 5.75 Å². The number of ether oxygens (including phenoxy) is 1. The van der Waals surface area contributed by atoms with Crippen LogP contribution in [0.15, 0.2) is 48.5 Å². The number of carbonyl (C=O) groups excluding carboxylic acids is 1. The summed E-state index contributed by atoms with van der Waals surface area (Å²) in [4.78, 5) is 11.2. The predicted molar refractivity (Wildman–Crippen MR) is 84.8 cm³/mol. The third-order valence-electron chi connectivity index (χ3n) is 3.00. The van der Waals surface area contributed by atoms with Gasteiger partial charge in [0.1, 0.15) is 5.75 Å². The van der Waals surface area contributed by atoms with Crippen LogP contribution in [0.25, 0.3) is 0 Å². The van der Waals surface area contributed by atoms with E-state index in [1.54, 1.807) is 14.2 Å².